The Balaban J connectivity index is 2.21. The van der Waals surface area contributed by atoms with E-state index in [-0.39, 0.29) is 4.90 Å². The van der Waals surface area contributed by atoms with Crippen LogP contribution in [0.3, 0.4) is 0 Å². The molecule has 1 saturated heterocycles. The number of sulfonamides is 1. The van der Waals surface area contributed by atoms with Gasteiger partial charge in [-0.3, -0.25) is 4.98 Å². The van der Waals surface area contributed by atoms with Crippen molar-refractivity contribution in [2.75, 3.05) is 6.54 Å². The summed E-state index contributed by atoms with van der Waals surface area (Å²) in [6.45, 7) is 2.30. The van der Waals surface area contributed by atoms with Crippen molar-refractivity contribution in [1.82, 2.24) is 9.29 Å². The SMILES string of the molecule is Cc1ccc(S(=O)(=O)N2CCCC2C#N)c2cccnc12. The Bertz CT molecular complexity index is 840. The minimum absolute atomic E-state index is 0.235. The van der Waals surface area contributed by atoms with E-state index in [1.165, 1.54) is 4.31 Å². The quantitative estimate of drug-likeness (QED) is 0.852. The molecule has 2 aromatic rings. The van der Waals surface area contributed by atoms with E-state index in [1.807, 2.05) is 6.92 Å². The summed E-state index contributed by atoms with van der Waals surface area (Å²) >= 11 is 0. The highest BCUT2D eigenvalue weighted by molar-refractivity contribution is 7.89. The largest absolute Gasteiger partial charge is 0.256 e. The van der Waals surface area contributed by atoms with Crippen LogP contribution >= 0.6 is 0 Å². The second kappa shape index (κ2) is 5.10. The van der Waals surface area contributed by atoms with Gasteiger partial charge in [0.05, 0.1) is 16.5 Å². The highest BCUT2D eigenvalue weighted by atomic mass is 32.2. The van der Waals surface area contributed by atoms with Crippen LogP contribution in [-0.4, -0.2) is 30.3 Å². The lowest BCUT2D eigenvalue weighted by Gasteiger charge is -2.20. The van der Waals surface area contributed by atoms with Gasteiger partial charge in [-0.2, -0.15) is 9.57 Å². The van der Waals surface area contributed by atoms with Gasteiger partial charge in [-0.05, 0) is 43.5 Å². The number of aromatic nitrogens is 1. The predicted octanol–water partition coefficient (Wildman–Crippen LogP) is 2.22. The standard InChI is InChI=1S/C15H15N3O2S/c1-11-6-7-14(13-5-2-8-17-15(11)13)21(19,20)18-9-3-4-12(18)10-16/h2,5-8,12H,3-4,9H2,1H3. The van der Waals surface area contributed by atoms with Crippen molar-refractivity contribution >= 4 is 20.9 Å². The summed E-state index contributed by atoms with van der Waals surface area (Å²) in [5.74, 6) is 0. The lowest BCUT2D eigenvalue weighted by molar-refractivity contribution is 0.438. The molecule has 3 rings (SSSR count). The third-order valence-corrected chi connectivity index (χ3v) is 5.84. The molecule has 0 amide bonds. The zero-order chi connectivity index (χ0) is 15.0. The number of nitriles is 1. The molecule has 1 unspecified atom stereocenters. The summed E-state index contributed by atoms with van der Waals surface area (Å²) in [6, 6.07) is 8.38. The summed E-state index contributed by atoms with van der Waals surface area (Å²) in [5, 5.41) is 9.75. The fraction of sp³-hybridized carbons (Fsp3) is 0.333. The topological polar surface area (TPSA) is 74.1 Å². The maximum absolute atomic E-state index is 12.9. The first-order valence-electron chi connectivity index (χ1n) is 6.81. The van der Waals surface area contributed by atoms with Gasteiger partial charge in [-0.15, -0.1) is 0 Å². The minimum Gasteiger partial charge on any atom is -0.256 e. The number of benzene rings is 1. The van der Waals surface area contributed by atoms with Crippen LogP contribution in [0.15, 0.2) is 35.4 Å². The van der Waals surface area contributed by atoms with E-state index < -0.39 is 16.1 Å². The molecule has 1 aliphatic heterocycles. The van der Waals surface area contributed by atoms with Crippen molar-refractivity contribution in [3.8, 4) is 6.07 Å². The molecule has 0 spiro atoms. The molecule has 0 N–H and O–H groups in total. The Hall–Kier alpha value is -1.97. The van der Waals surface area contributed by atoms with Gasteiger partial charge in [0.2, 0.25) is 10.0 Å². The first-order chi connectivity index (χ1) is 10.1. The Kier molecular flexibility index (Phi) is 3.40. The van der Waals surface area contributed by atoms with E-state index in [1.54, 1.807) is 30.5 Å². The molecule has 1 aromatic carbocycles. The van der Waals surface area contributed by atoms with E-state index in [2.05, 4.69) is 11.1 Å². The lowest BCUT2D eigenvalue weighted by Crippen LogP contribution is -2.34. The van der Waals surface area contributed by atoms with Crippen LogP contribution in [0.5, 0.6) is 0 Å². The number of fused-ring (bicyclic) bond motifs is 1. The van der Waals surface area contributed by atoms with Crippen molar-refractivity contribution in [3.05, 3.63) is 36.0 Å². The van der Waals surface area contributed by atoms with E-state index >= 15 is 0 Å². The third kappa shape index (κ3) is 2.19. The number of rotatable bonds is 2. The number of hydrogen-bond donors (Lipinski definition) is 0. The predicted molar refractivity (Wildman–Crippen MR) is 79.0 cm³/mol. The fourth-order valence-electron chi connectivity index (χ4n) is 2.80. The third-order valence-electron chi connectivity index (χ3n) is 3.87. The van der Waals surface area contributed by atoms with Gasteiger partial charge in [0.15, 0.2) is 0 Å². The molecule has 5 nitrogen and oxygen atoms in total. The van der Waals surface area contributed by atoms with E-state index in [0.29, 0.717) is 23.9 Å². The van der Waals surface area contributed by atoms with E-state index in [0.717, 1.165) is 12.0 Å². The van der Waals surface area contributed by atoms with Crippen LogP contribution in [-0.2, 0) is 10.0 Å². The summed E-state index contributed by atoms with van der Waals surface area (Å²) < 4.78 is 27.1. The van der Waals surface area contributed by atoms with Crippen molar-refractivity contribution < 1.29 is 8.42 Å². The Labute approximate surface area is 123 Å². The highest BCUT2D eigenvalue weighted by Crippen LogP contribution is 2.30. The van der Waals surface area contributed by atoms with Gasteiger partial charge in [-0.25, -0.2) is 8.42 Å². The molecule has 1 aromatic heterocycles. The monoisotopic (exact) mass is 301 g/mol. The van der Waals surface area contributed by atoms with Crippen molar-refractivity contribution in [2.24, 2.45) is 0 Å². The summed E-state index contributed by atoms with van der Waals surface area (Å²) in [5.41, 5.74) is 1.62. The lowest BCUT2D eigenvalue weighted by atomic mass is 10.1. The summed E-state index contributed by atoms with van der Waals surface area (Å²) in [7, 11) is -3.67. The average Bonchev–Trinajstić information content (AvgIpc) is 2.97. The molecular formula is C15H15N3O2S. The maximum atomic E-state index is 12.9. The van der Waals surface area contributed by atoms with Crippen LogP contribution in [0, 0.1) is 18.3 Å². The number of hydrogen-bond acceptors (Lipinski definition) is 4. The smallest absolute Gasteiger partial charge is 0.244 e. The molecule has 0 bridgehead atoms. The van der Waals surface area contributed by atoms with Gasteiger partial charge < -0.3 is 0 Å². The molecule has 6 heteroatoms. The zero-order valence-electron chi connectivity index (χ0n) is 11.7. The molecule has 1 fully saturated rings. The molecule has 0 saturated carbocycles. The molecule has 1 atom stereocenters. The van der Waals surface area contributed by atoms with Gasteiger partial charge in [0.25, 0.3) is 0 Å². The number of pyridine rings is 1. The molecule has 21 heavy (non-hydrogen) atoms. The van der Waals surface area contributed by atoms with Crippen LogP contribution < -0.4 is 0 Å². The average molecular weight is 301 g/mol. The second-order valence-electron chi connectivity index (χ2n) is 5.18. The first-order valence-corrected chi connectivity index (χ1v) is 8.25. The summed E-state index contributed by atoms with van der Waals surface area (Å²) in [4.78, 5) is 4.51. The molecule has 0 aliphatic carbocycles. The van der Waals surface area contributed by atoms with Gasteiger partial charge >= 0.3 is 0 Å². The van der Waals surface area contributed by atoms with E-state index in [9.17, 15) is 8.42 Å². The van der Waals surface area contributed by atoms with Crippen LogP contribution in [0.4, 0.5) is 0 Å². The minimum atomic E-state index is -3.67. The molecule has 108 valence electrons. The van der Waals surface area contributed by atoms with Crippen LogP contribution in [0.2, 0.25) is 0 Å². The number of aryl methyl sites for hydroxylation is 1. The highest BCUT2D eigenvalue weighted by Gasteiger charge is 2.36. The second-order valence-corrected chi connectivity index (χ2v) is 7.04. The Morgan fingerprint density at radius 2 is 2.19 bits per heavy atom. The van der Waals surface area contributed by atoms with Crippen molar-refractivity contribution in [2.45, 2.75) is 30.7 Å². The van der Waals surface area contributed by atoms with Crippen molar-refractivity contribution in [1.29, 1.82) is 5.26 Å². The maximum Gasteiger partial charge on any atom is 0.244 e. The first kappa shape index (κ1) is 14.0. The number of nitrogens with zero attached hydrogens (tertiary/aromatic N) is 3. The molecular weight excluding hydrogens is 286 g/mol. The van der Waals surface area contributed by atoms with Gasteiger partial charge in [-0.1, -0.05) is 6.07 Å². The van der Waals surface area contributed by atoms with Crippen LogP contribution in [0.1, 0.15) is 18.4 Å². The Morgan fingerprint density at radius 1 is 1.38 bits per heavy atom. The molecule has 0 radical (unpaired) electrons. The fourth-order valence-corrected chi connectivity index (χ4v) is 4.59. The van der Waals surface area contributed by atoms with Gasteiger partial charge in [0, 0.05) is 18.1 Å². The van der Waals surface area contributed by atoms with Crippen LogP contribution in [0.25, 0.3) is 10.9 Å². The van der Waals surface area contributed by atoms with E-state index in [4.69, 9.17) is 5.26 Å². The molecule has 1 aliphatic rings. The zero-order valence-corrected chi connectivity index (χ0v) is 12.5. The normalized spacial score (nSPS) is 19.7. The van der Waals surface area contributed by atoms with Gasteiger partial charge in [0.1, 0.15) is 6.04 Å². The van der Waals surface area contributed by atoms with Crippen molar-refractivity contribution in [3.63, 3.8) is 0 Å². The Morgan fingerprint density at radius 3 is 2.95 bits per heavy atom. The molecule has 2 heterocycles. The summed E-state index contributed by atoms with van der Waals surface area (Å²) in [6.07, 6.45) is 2.97.